The molecule has 1 aliphatic rings. The molecule has 0 bridgehead atoms. The Kier molecular flexibility index (Phi) is 5.65. The number of amides is 1. The molecule has 2 rings (SSSR count). The third-order valence-electron chi connectivity index (χ3n) is 3.33. The van der Waals surface area contributed by atoms with Crippen LogP contribution in [0.1, 0.15) is 30.1 Å². The first-order valence-corrected chi connectivity index (χ1v) is 8.46. The second-order valence-corrected chi connectivity index (χ2v) is 6.82. The molecule has 1 aromatic carbocycles. The van der Waals surface area contributed by atoms with E-state index in [-0.39, 0.29) is 5.91 Å². The topological polar surface area (TPSA) is 32.3 Å². The van der Waals surface area contributed by atoms with Gasteiger partial charge in [0.2, 0.25) is 0 Å². The lowest BCUT2D eigenvalue weighted by molar-refractivity contribution is 0.0947. The molecule has 1 aliphatic carbocycles. The number of likely N-dealkylation sites (N-methyl/N-ethyl adjacent to an activating group) is 1. The zero-order chi connectivity index (χ0) is 13.8. The highest BCUT2D eigenvalue weighted by Crippen LogP contribution is 2.25. The van der Waals surface area contributed by atoms with Crippen molar-refractivity contribution < 1.29 is 4.79 Å². The highest BCUT2D eigenvalue weighted by Gasteiger charge is 2.27. The number of hydrogen-bond acceptors (Lipinski definition) is 2. The van der Waals surface area contributed by atoms with Gasteiger partial charge in [-0.3, -0.25) is 9.69 Å². The summed E-state index contributed by atoms with van der Waals surface area (Å²) in [4.78, 5) is 14.6. The molecule has 1 amide bonds. The predicted octanol–water partition coefficient (Wildman–Crippen LogP) is 3.27. The van der Waals surface area contributed by atoms with Gasteiger partial charge in [0.25, 0.3) is 5.91 Å². The van der Waals surface area contributed by atoms with Crippen LogP contribution in [0.25, 0.3) is 0 Å². The minimum atomic E-state index is 0.0116. The van der Waals surface area contributed by atoms with E-state index >= 15 is 0 Å². The van der Waals surface area contributed by atoms with E-state index in [4.69, 9.17) is 0 Å². The molecule has 1 saturated carbocycles. The fourth-order valence-electron chi connectivity index (χ4n) is 2.12. The summed E-state index contributed by atoms with van der Waals surface area (Å²) in [6, 6.07) is 6.52. The number of nitrogens with zero attached hydrogens (tertiary/aromatic N) is 1. The second kappa shape index (κ2) is 7.04. The normalized spacial score (nSPS) is 14.7. The Morgan fingerprint density at radius 1 is 1.53 bits per heavy atom. The summed E-state index contributed by atoms with van der Waals surface area (Å²) < 4.78 is 1.92. The van der Waals surface area contributed by atoms with E-state index in [1.54, 1.807) is 0 Å². The molecule has 1 N–H and O–H groups in total. The average molecular weight is 437 g/mol. The number of benzene rings is 1. The summed E-state index contributed by atoms with van der Waals surface area (Å²) in [7, 11) is 0. The van der Waals surface area contributed by atoms with Gasteiger partial charge in [-0.1, -0.05) is 22.9 Å². The molecular weight excluding hydrogens is 419 g/mol. The lowest BCUT2D eigenvalue weighted by Gasteiger charge is -2.19. The van der Waals surface area contributed by atoms with Crippen molar-refractivity contribution in [3.8, 4) is 0 Å². The van der Waals surface area contributed by atoms with Crippen LogP contribution in [0.4, 0.5) is 0 Å². The molecule has 0 atom stereocenters. The molecule has 0 radical (unpaired) electrons. The number of rotatable bonds is 6. The van der Waals surface area contributed by atoms with Crippen molar-refractivity contribution >= 4 is 44.4 Å². The summed E-state index contributed by atoms with van der Waals surface area (Å²) in [5.41, 5.74) is 0.740. The molecule has 0 unspecified atom stereocenters. The van der Waals surface area contributed by atoms with Gasteiger partial charge >= 0.3 is 0 Å². The van der Waals surface area contributed by atoms with E-state index < -0.39 is 0 Å². The Labute approximate surface area is 136 Å². The minimum absolute atomic E-state index is 0.0116. The van der Waals surface area contributed by atoms with Crippen molar-refractivity contribution in [3.63, 3.8) is 0 Å². The van der Waals surface area contributed by atoms with E-state index in [1.807, 2.05) is 18.2 Å². The quantitative estimate of drug-likeness (QED) is 0.694. The molecule has 1 aromatic rings. The summed E-state index contributed by atoms with van der Waals surface area (Å²) >= 11 is 5.60. The Balaban J connectivity index is 1.85. The summed E-state index contributed by atoms with van der Waals surface area (Å²) in [6.07, 6.45) is 2.62. The van der Waals surface area contributed by atoms with E-state index in [0.29, 0.717) is 6.54 Å². The summed E-state index contributed by atoms with van der Waals surface area (Å²) in [5.74, 6) is 0.0116. The lowest BCUT2D eigenvalue weighted by Crippen LogP contribution is -2.36. The van der Waals surface area contributed by atoms with Crippen LogP contribution in [0, 0.1) is 3.57 Å². The maximum atomic E-state index is 12.1. The molecule has 5 heteroatoms. The summed E-state index contributed by atoms with van der Waals surface area (Å²) in [5, 5.41) is 3.01. The van der Waals surface area contributed by atoms with Crippen LogP contribution < -0.4 is 5.32 Å². The third kappa shape index (κ3) is 4.43. The maximum absolute atomic E-state index is 12.1. The van der Waals surface area contributed by atoms with Crippen molar-refractivity contribution in [3.05, 3.63) is 31.8 Å². The number of halogens is 2. The van der Waals surface area contributed by atoms with Crippen LogP contribution in [-0.4, -0.2) is 36.5 Å². The second-order valence-electron chi connectivity index (χ2n) is 4.74. The van der Waals surface area contributed by atoms with Crippen LogP contribution in [0.3, 0.4) is 0 Å². The zero-order valence-corrected chi connectivity index (χ0v) is 14.7. The van der Waals surface area contributed by atoms with Crippen LogP contribution in [-0.2, 0) is 0 Å². The number of hydrogen-bond donors (Lipinski definition) is 1. The number of carbonyl (C=O) groups excluding carboxylic acids is 1. The smallest absolute Gasteiger partial charge is 0.252 e. The van der Waals surface area contributed by atoms with Gasteiger partial charge in [-0.15, -0.1) is 0 Å². The first-order valence-electron chi connectivity index (χ1n) is 6.59. The monoisotopic (exact) mass is 436 g/mol. The van der Waals surface area contributed by atoms with Gasteiger partial charge in [0.1, 0.15) is 0 Å². The van der Waals surface area contributed by atoms with E-state index in [9.17, 15) is 4.79 Å². The van der Waals surface area contributed by atoms with Crippen molar-refractivity contribution in [2.45, 2.75) is 25.8 Å². The lowest BCUT2D eigenvalue weighted by atomic mass is 10.2. The molecule has 0 heterocycles. The Morgan fingerprint density at radius 2 is 2.26 bits per heavy atom. The SMILES string of the molecule is CCN(CCNC(=O)c1cc(Br)ccc1I)C1CC1. The zero-order valence-electron chi connectivity index (χ0n) is 11.0. The van der Waals surface area contributed by atoms with Gasteiger partial charge in [-0.05, 0) is 60.2 Å². The molecule has 0 aliphatic heterocycles. The molecular formula is C14H18BrIN2O. The number of nitrogens with one attached hydrogen (secondary N) is 1. The van der Waals surface area contributed by atoms with Crippen molar-refractivity contribution in [2.75, 3.05) is 19.6 Å². The van der Waals surface area contributed by atoms with Gasteiger partial charge in [0.15, 0.2) is 0 Å². The molecule has 3 nitrogen and oxygen atoms in total. The fraction of sp³-hybridized carbons (Fsp3) is 0.500. The van der Waals surface area contributed by atoms with Crippen LogP contribution >= 0.6 is 38.5 Å². The van der Waals surface area contributed by atoms with Gasteiger partial charge in [0, 0.05) is 27.2 Å². The average Bonchev–Trinajstić information content (AvgIpc) is 3.21. The molecule has 0 spiro atoms. The largest absolute Gasteiger partial charge is 0.351 e. The summed E-state index contributed by atoms with van der Waals surface area (Å²) in [6.45, 7) is 4.90. The highest BCUT2D eigenvalue weighted by atomic mass is 127. The molecule has 1 fully saturated rings. The van der Waals surface area contributed by atoms with Gasteiger partial charge in [0.05, 0.1) is 5.56 Å². The van der Waals surface area contributed by atoms with E-state index in [2.05, 4.69) is 55.7 Å². The fourth-order valence-corrected chi connectivity index (χ4v) is 3.06. The molecule has 104 valence electrons. The Morgan fingerprint density at radius 3 is 2.89 bits per heavy atom. The standard InChI is InChI=1S/C14H18BrIN2O/c1-2-18(11-4-5-11)8-7-17-14(19)12-9-10(15)3-6-13(12)16/h3,6,9,11H,2,4-5,7-8H2,1H3,(H,17,19). The minimum Gasteiger partial charge on any atom is -0.351 e. The van der Waals surface area contributed by atoms with Gasteiger partial charge in [-0.2, -0.15) is 0 Å². The van der Waals surface area contributed by atoms with Gasteiger partial charge < -0.3 is 5.32 Å². The predicted molar refractivity (Wildman–Crippen MR) is 89.5 cm³/mol. The first-order chi connectivity index (χ1) is 9.11. The van der Waals surface area contributed by atoms with E-state index in [1.165, 1.54) is 12.8 Å². The molecule has 19 heavy (non-hydrogen) atoms. The third-order valence-corrected chi connectivity index (χ3v) is 4.76. The van der Waals surface area contributed by atoms with Crippen LogP contribution in [0.15, 0.2) is 22.7 Å². The van der Waals surface area contributed by atoms with Crippen LogP contribution in [0.5, 0.6) is 0 Å². The molecule has 0 aromatic heterocycles. The van der Waals surface area contributed by atoms with Crippen LogP contribution in [0.2, 0.25) is 0 Å². The molecule has 0 saturated heterocycles. The van der Waals surface area contributed by atoms with Gasteiger partial charge in [-0.25, -0.2) is 0 Å². The van der Waals surface area contributed by atoms with Crippen molar-refractivity contribution in [1.29, 1.82) is 0 Å². The Hall–Kier alpha value is -0.140. The highest BCUT2D eigenvalue weighted by molar-refractivity contribution is 14.1. The number of carbonyl (C=O) groups is 1. The van der Waals surface area contributed by atoms with E-state index in [0.717, 1.165) is 32.7 Å². The Bertz CT molecular complexity index is 463. The van der Waals surface area contributed by atoms with Crippen molar-refractivity contribution in [1.82, 2.24) is 10.2 Å². The van der Waals surface area contributed by atoms with Crippen molar-refractivity contribution in [2.24, 2.45) is 0 Å². The first kappa shape index (κ1) is 15.3. The maximum Gasteiger partial charge on any atom is 0.252 e.